The number of fused-ring (bicyclic) bond motifs is 34. The number of aryl methyl sites for hydroxylation is 2. The van der Waals surface area contributed by atoms with Crippen LogP contribution in [-0.4, -0.2) is 22.8 Å². The summed E-state index contributed by atoms with van der Waals surface area (Å²) in [6.07, 6.45) is 1.63. The van der Waals surface area contributed by atoms with Gasteiger partial charge in [-0.1, -0.05) is 192 Å². The summed E-state index contributed by atoms with van der Waals surface area (Å²) in [6.45, 7) is 13.7. The highest BCUT2D eigenvalue weighted by molar-refractivity contribution is 7.26. The Bertz CT molecular complexity index is 8770. The lowest BCUT2D eigenvalue weighted by Crippen LogP contribution is -2.60. The van der Waals surface area contributed by atoms with Crippen molar-refractivity contribution in [2.45, 2.75) is 65.2 Å². The Labute approximate surface area is 679 Å². The molecule has 8 aromatic heterocycles. The van der Waals surface area contributed by atoms with E-state index in [0.29, 0.717) is 0 Å². The van der Waals surface area contributed by atoms with Crippen molar-refractivity contribution in [3.63, 3.8) is 0 Å². The standard InChI is InChI=1S/C106H68B2N4O5S/c1-55-41-75-67-49-92-72(64-22-10-16-28-90(64)113-92)47-83(67)112(108-80-46-74-66-24-12-18-30-97(66)118-98(74)54-86(80)110-81-51-94-69(61-19-7-13-25-87(61)115-94)43-77(81)99(55)103(110)101(75)108)60-37-33-58(34-38-60)106(5,6)40-39-56-42-76-68-50-93-73(65-23-11-17-29-91(65)114-93)48-84(68)111(59-35-31-57(32-36-59)105(2,3)4)107-79-45-71-63-21-9-15-27-89(63)117-96(71)53-85(79)109-82-52-95-70(62-20-8-14-26-88(62)116-95)44-78(82)100(56)104(109)102(76)107/h7-38,41-54H,39-40H2,1-6H3. The van der Waals surface area contributed by atoms with E-state index in [1.807, 2.05) is 11.3 Å². The minimum Gasteiger partial charge on any atom is -0.456 e. The Morgan fingerprint density at radius 3 is 1.23 bits per heavy atom. The maximum absolute atomic E-state index is 6.97. The molecule has 4 aliphatic rings. The summed E-state index contributed by atoms with van der Waals surface area (Å²) >= 11 is 1.88. The van der Waals surface area contributed by atoms with Gasteiger partial charge in [0.25, 0.3) is 0 Å². The van der Waals surface area contributed by atoms with Gasteiger partial charge in [0.2, 0.25) is 0 Å². The van der Waals surface area contributed by atoms with Crippen LogP contribution in [0.2, 0.25) is 0 Å². The Balaban J connectivity index is 0.656. The molecule has 0 amide bonds. The molecule has 0 spiro atoms. The maximum atomic E-state index is 6.97. The zero-order chi connectivity index (χ0) is 77.5. The number of rotatable bonds is 6. The Morgan fingerprint density at radius 2 is 0.720 bits per heavy atom. The van der Waals surface area contributed by atoms with Crippen molar-refractivity contribution in [3.05, 3.63) is 301 Å². The van der Waals surface area contributed by atoms with Crippen molar-refractivity contribution >= 4 is 243 Å². The summed E-state index contributed by atoms with van der Waals surface area (Å²) < 4.78 is 42.3. The summed E-state index contributed by atoms with van der Waals surface area (Å²) in [4.78, 5) is 5.35. The number of furan rings is 5. The zero-order valence-corrected chi connectivity index (χ0v) is 66.2. The van der Waals surface area contributed by atoms with E-state index in [9.17, 15) is 0 Å². The SMILES string of the molecule is Cc1cc2c3c4c1c1cc5c(cc1n4-c1cc4sc6ccccc6c4cc1B3N(c1ccc(C(C)(C)CCc3cc4c6c7c3c3cc8c(cc3n7-c3cc7oc9ccccc9c7cc3B6N(c3ccc(C(C)(C)C)cc3)c3cc6c(cc3-4)oc3ccccc36)oc3ccccc38)cc1)c1cc3c(cc1-2)oc1ccccc13)oc1ccccc15. The van der Waals surface area contributed by atoms with Crippen LogP contribution in [0.15, 0.2) is 301 Å². The van der Waals surface area contributed by atoms with Crippen molar-refractivity contribution in [1.29, 1.82) is 0 Å². The van der Waals surface area contributed by atoms with Crippen LogP contribution in [0.3, 0.4) is 0 Å². The van der Waals surface area contributed by atoms with Crippen molar-refractivity contribution in [2.24, 2.45) is 0 Å². The summed E-state index contributed by atoms with van der Waals surface area (Å²) in [5, 5.41) is 18.6. The molecule has 554 valence electrons. The number of hydrogen-bond acceptors (Lipinski definition) is 8. The first-order valence-corrected chi connectivity index (χ1v) is 42.1. The lowest BCUT2D eigenvalue weighted by atomic mass is 9.43. The first-order valence-electron chi connectivity index (χ1n) is 41.3. The van der Waals surface area contributed by atoms with Gasteiger partial charge < -0.3 is 40.8 Å². The normalized spacial score (nSPS) is 13.8. The van der Waals surface area contributed by atoms with Crippen molar-refractivity contribution < 1.29 is 22.1 Å². The molecule has 0 unspecified atom stereocenters. The summed E-state index contributed by atoms with van der Waals surface area (Å²) in [5.74, 6) is 0. The van der Waals surface area contributed by atoms with Crippen molar-refractivity contribution in [2.75, 3.05) is 9.62 Å². The minimum atomic E-state index is -0.326. The smallest absolute Gasteiger partial charge is 0.333 e. The highest BCUT2D eigenvalue weighted by Gasteiger charge is 2.48. The Morgan fingerprint density at radius 1 is 0.314 bits per heavy atom. The second-order valence-electron chi connectivity index (χ2n) is 35.4. The molecule has 0 saturated heterocycles. The van der Waals surface area contributed by atoms with Crippen molar-refractivity contribution in [3.8, 4) is 33.6 Å². The average molecular weight is 1530 g/mol. The van der Waals surface area contributed by atoms with E-state index in [2.05, 4.69) is 339 Å². The second-order valence-corrected chi connectivity index (χ2v) is 36.5. The molecule has 0 aliphatic carbocycles. The summed E-state index contributed by atoms with van der Waals surface area (Å²) in [6, 6.07) is 105. The molecular formula is C106H68B2N4O5S. The van der Waals surface area contributed by atoms with Gasteiger partial charge in [0, 0.05) is 159 Å². The van der Waals surface area contributed by atoms with E-state index in [-0.39, 0.29) is 24.5 Å². The predicted octanol–water partition coefficient (Wildman–Crippen LogP) is 26.7. The molecule has 12 heteroatoms. The first kappa shape index (κ1) is 64.4. The van der Waals surface area contributed by atoms with E-state index in [4.69, 9.17) is 22.1 Å². The predicted molar refractivity (Wildman–Crippen MR) is 494 cm³/mol. The van der Waals surface area contributed by atoms with Crippen molar-refractivity contribution in [1.82, 2.24) is 9.13 Å². The molecule has 118 heavy (non-hydrogen) atoms. The quantitative estimate of drug-likeness (QED) is 0.153. The number of aromatic nitrogens is 2. The van der Waals surface area contributed by atoms with Gasteiger partial charge in [0.05, 0.1) is 22.1 Å². The molecule has 28 rings (SSSR count). The Kier molecular flexibility index (Phi) is 12.1. The van der Waals surface area contributed by atoms with Crippen LogP contribution in [0.25, 0.3) is 207 Å². The zero-order valence-electron chi connectivity index (χ0n) is 65.4. The van der Waals surface area contributed by atoms with Crippen LogP contribution >= 0.6 is 11.3 Å². The molecule has 0 radical (unpaired) electrons. The number of nitrogens with zero attached hydrogens (tertiary/aromatic N) is 4. The van der Waals surface area contributed by atoms with Gasteiger partial charge in [-0.2, -0.15) is 0 Å². The largest absolute Gasteiger partial charge is 0.456 e. The highest BCUT2D eigenvalue weighted by Crippen LogP contribution is 2.55. The molecule has 0 bridgehead atoms. The van der Waals surface area contributed by atoms with Crippen LogP contribution in [0, 0.1) is 6.92 Å². The van der Waals surface area contributed by atoms with E-state index >= 15 is 0 Å². The fourth-order valence-electron chi connectivity index (χ4n) is 22.1. The number of hydrogen-bond donors (Lipinski definition) is 0. The van der Waals surface area contributed by atoms with Gasteiger partial charge in [0.15, 0.2) is 0 Å². The molecule has 4 aliphatic heterocycles. The topological polar surface area (TPSA) is 82.0 Å². The van der Waals surface area contributed by atoms with Gasteiger partial charge in [-0.3, -0.25) is 0 Å². The van der Waals surface area contributed by atoms with Gasteiger partial charge in [-0.05, 0) is 189 Å². The van der Waals surface area contributed by atoms with E-state index < -0.39 is 0 Å². The lowest BCUT2D eigenvalue weighted by molar-refractivity contribution is 0.481. The third-order valence-electron chi connectivity index (χ3n) is 27.7. The van der Waals surface area contributed by atoms with E-state index in [0.717, 1.165) is 173 Å². The van der Waals surface area contributed by atoms with Crippen LogP contribution in [-0.2, 0) is 17.3 Å². The maximum Gasteiger partial charge on any atom is 0.333 e. The number of anilines is 4. The molecule has 16 aromatic carbocycles. The molecule has 0 fully saturated rings. The molecule has 9 nitrogen and oxygen atoms in total. The van der Waals surface area contributed by atoms with Crippen LogP contribution < -0.4 is 31.5 Å². The monoisotopic (exact) mass is 1530 g/mol. The van der Waals surface area contributed by atoms with E-state index in [1.165, 1.54) is 114 Å². The van der Waals surface area contributed by atoms with Crippen LogP contribution in [0.4, 0.5) is 22.7 Å². The third-order valence-corrected chi connectivity index (χ3v) is 28.8. The van der Waals surface area contributed by atoms with Gasteiger partial charge >= 0.3 is 13.7 Å². The fraction of sp³-hybridized carbons (Fsp3) is 0.0943. The number of benzene rings is 16. The lowest BCUT2D eigenvalue weighted by Gasteiger charge is -2.42. The van der Waals surface area contributed by atoms with Crippen LogP contribution in [0.5, 0.6) is 0 Å². The highest BCUT2D eigenvalue weighted by atomic mass is 32.1. The first-order chi connectivity index (χ1) is 57.7. The molecule has 0 saturated carbocycles. The number of thiophene rings is 1. The van der Waals surface area contributed by atoms with Gasteiger partial charge in [-0.25, -0.2) is 0 Å². The Hall–Kier alpha value is -13.9. The van der Waals surface area contributed by atoms with Gasteiger partial charge in [0.1, 0.15) is 55.8 Å². The molecule has 24 aromatic rings. The average Bonchev–Trinajstić information content (AvgIpc) is 1.47. The van der Waals surface area contributed by atoms with Gasteiger partial charge in [-0.15, -0.1) is 11.3 Å². The third kappa shape index (κ3) is 8.32. The number of para-hydroxylation sites is 5. The molecular weight excluding hydrogens is 1460 g/mol. The summed E-state index contributed by atoms with van der Waals surface area (Å²) in [7, 11) is 0. The minimum absolute atomic E-state index is 0.0512. The molecule has 0 N–H and O–H groups in total. The second kappa shape index (κ2) is 22.2. The molecule has 12 heterocycles. The summed E-state index contributed by atoms with van der Waals surface area (Å²) in [5.41, 5.74) is 34.7. The fourth-order valence-corrected chi connectivity index (χ4v) is 23.2. The molecule has 0 atom stereocenters. The van der Waals surface area contributed by atoms with Crippen LogP contribution in [0.1, 0.15) is 63.3 Å². The van der Waals surface area contributed by atoms with E-state index in [1.54, 1.807) is 0 Å².